The van der Waals surface area contributed by atoms with Gasteiger partial charge in [0.1, 0.15) is 4.58 Å². The first-order chi connectivity index (χ1) is 13.2. The molecule has 2 heterocycles. The number of unbranched alkanes of at least 4 members (excludes halogenated alkanes) is 1. The van der Waals surface area contributed by atoms with Crippen molar-refractivity contribution in [2.45, 2.75) is 36.7 Å². The largest absolute Gasteiger partial charge is 0.441 e. The highest BCUT2D eigenvalue weighted by molar-refractivity contribution is 8.35. The van der Waals surface area contributed by atoms with Gasteiger partial charge in [0.2, 0.25) is 0 Å². The highest BCUT2D eigenvalue weighted by Crippen LogP contribution is 2.65. The van der Waals surface area contributed by atoms with Crippen molar-refractivity contribution in [2.75, 3.05) is 24.6 Å². The molecule has 5 nitrogen and oxygen atoms in total. The summed E-state index contributed by atoms with van der Waals surface area (Å²) >= 11 is 1.76. The molecule has 27 heavy (non-hydrogen) atoms. The highest BCUT2D eigenvalue weighted by atomic mass is 32.3. The molecule has 2 aliphatic rings. The fraction of sp³-hybridized carbons (Fsp3) is 0.500. The van der Waals surface area contributed by atoms with Crippen LogP contribution in [0.25, 0.3) is 0 Å². The summed E-state index contributed by atoms with van der Waals surface area (Å²) in [6.45, 7) is 1.61. The molecule has 3 rings (SSSR count). The van der Waals surface area contributed by atoms with E-state index < -0.39 is 22.5 Å². The van der Waals surface area contributed by atoms with E-state index in [1.165, 1.54) is 5.56 Å². The first kappa shape index (κ1) is 20.1. The number of hydrogen-bond donors (Lipinski definition) is 1. The SMILES string of the molecule is O=C1OS2(CCCSC2CCCC#CCNCCc2ccccc2)OC1=O. The standard InChI is InChI=1S/C20H25NO4S2/c22-19-20(23)25-27(24-19)16-8-15-26-18(27)11-6-1-2-7-13-21-14-12-17-9-4-3-5-10-17/h3-5,9-10,18,21H,1,6,8,11-16H2. The summed E-state index contributed by atoms with van der Waals surface area (Å²) in [5.41, 5.74) is 1.33. The summed E-state index contributed by atoms with van der Waals surface area (Å²) in [7, 11) is -2.03. The molecule has 1 aromatic carbocycles. The molecule has 2 saturated heterocycles. The van der Waals surface area contributed by atoms with Gasteiger partial charge in [-0.1, -0.05) is 46.8 Å². The number of carbonyl (C=O) groups excluding carboxylic acids is 2. The van der Waals surface area contributed by atoms with E-state index in [-0.39, 0.29) is 4.58 Å². The van der Waals surface area contributed by atoms with Crippen molar-refractivity contribution in [3.8, 4) is 11.8 Å². The highest BCUT2D eigenvalue weighted by Gasteiger charge is 2.48. The van der Waals surface area contributed by atoms with E-state index in [9.17, 15) is 9.59 Å². The van der Waals surface area contributed by atoms with Gasteiger partial charge in [-0.25, -0.2) is 9.59 Å². The Hall–Kier alpha value is -1.62. The van der Waals surface area contributed by atoms with Crippen molar-refractivity contribution in [3.05, 3.63) is 35.9 Å². The van der Waals surface area contributed by atoms with Crippen LogP contribution in [0.5, 0.6) is 0 Å². The van der Waals surface area contributed by atoms with Crippen molar-refractivity contribution in [2.24, 2.45) is 0 Å². The molecular formula is C20H25NO4S2. The van der Waals surface area contributed by atoms with E-state index in [1.807, 2.05) is 6.07 Å². The predicted octanol–water partition coefficient (Wildman–Crippen LogP) is 3.19. The summed E-state index contributed by atoms with van der Waals surface area (Å²) in [6, 6.07) is 10.4. The Balaban J connectivity index is 1.32. The zero-order valence-electron chi connectivity index (χ0n) is 15.3. The summed E-state index contributed by atoms with van der Waals surface area (Å²) in [6.07, 6.45) is 4.50. The van der Waals surface area contributed by atoms with E-state index >= 15 is 0 Å². The van der Waals surface area contributed by atoms with Crippen LogP contribution in [0.3, 0.4) is 0 Å². The third kappa shape index (κ3) is 5.68. The zero-order chi connectivity index (χ0) is 19.0. The van der Waals surface area contributed by atoms with E-state index in [4.69, 9.17) is 8.37 Å². The second kappa shape index (κ2) is 10.1. The van der Waals surface area contributed by atoms with Gasteiger partial charge in [-0.05, 0) is 37.0 Å². The number of nitrogens with one attached hydrogen (secondary N) is 1. The Morgan fingerprint density at radius 3 is 2.70 bits per heavy atom. The fourth-order valence-electron chi connectivity index (χ4n) is 3.04. The number of carbonyl (C=O) groups is 2. The van der Waals surface area contributed by atoms with Crippen LogP contribution >= 0.6 is 22.4 Å². The third-order valence-corrected chi connectivity index (χ3v) is 9.57. The maximum atomic E-state index is 11.5. The molecule has 0 radical (unpaired) electrons. The summed E-state index contributed by atoms with van der Waals surface area (Å²) in [4.78, 5) is 22.9. The average molecular weight is 408 g/mol. The Kier molecular flexibility index (Phi) is 7.50. The number of rotatable bonds is 7. The normalized spacial score (nSPS) is 21.9. The van der Waals surface area contributed by atoms with E-state index in [0.29, 0.717) is 12.3 Å². The lowest BCUT2D eigenvalue weighted by atomic mass is 10.1. The van der Waals surface area contributed by atoms with Crippen molar-refractivity contribution in [1.29, 1.82) is 0 Å². The second-order valence-electron chi connectivity index (χ2n) is 6.42. The van der Waals surface area contributed by atoms with Crippen molar-refractivity contribution < 1.29 is 18.0 Å². The van der Waals surface area contributed by atoms with Crippen LogP contribution in [0, 0.1) is 11.8 Å². The average Bonchev–Trinajstić information content (AvgIpc) is 2.96. The molecule has 146 valence electrons. The van der Waals surface area contributed by atoms with Gasteiger partial charge in [0.15, 0.2) is 0 Å². The second-order valence-corrected chi connectivity index (χ2v) is 10.7. The lowest BCUT2D eigenvalue weighted by molar-refractivity contribution is -0.150. The summed E-state index contributed by atoms with van der Waals surface area (Å²) < 4.78 is 10.8. The molecule has 1 aromatic rings. The minimum absolute atomic E-state index is 0.0902. The smallest absolute Gasteiger partial charge is 0.333 e. The third-order valence-electron chi connectivity index (χ3n) is 4.39. The van der Waals surface area contributed by atoms with E-state index in [1.54, 1.807) is 11.8 Å². The molecule has 1 atom stereocenters. The number of thioether (sulfide) groups is 1. The summed E-state index contributed by atoms with van der Waals surface area (Å²) in [5, 5.41) is 3.33. The van der Waals surface area contributed by atoms with Crippen LogP contribution in [0.1, 0.15) is 31.2 Å². The number of hydrogen-bond acceptors (Lipinski definition) is 6. The Morgan fingerprint density at radius 2 is 1.93 bits per heavy atom. The fourth-order valence-corrected chi connectivity index (χ4v) is 8.17. The minimum atomic E-state index is -2.03. The molecule has 0 aromatic heterocycles. The van der Waals surface area contributed by atoms with Crippen LogP contribution in [0.4, 0.5) is 0 Å². The molecule has 0 amide bonds. The van der Waals surface area contributed by atoms with E-state index in [2.05, 4.69) is 41.4 Å². The Labute approximate surface area is 166 Å². The molecular weight excluding hydrogens is 382 g/mol. The molecule has 1 spiro atoms. The van der Waals surface area contributed by atoms with Gasteiger partial charge < -0.3 is 13.7 Å². The van der Waals surface area contributed by atoms with Gasteiger partial charge in [-0.3, -0.25) is 0 Å². The van der Waals surface area contributed by atoms with Gasteiger partial charge in [-0.15, -0.1) is 17.7 Å². The summed E-state index contributed by atoms with van der Waals surface area (Å²) in [5.74, 6) is 6.40. The maximum absolute atomic E-state index is 11.5. The van der Waals surface area contributed by atoms with Crippen LogP contribution in [0.2, 0.25) is 0 Å². The van der Waals surface area contributed by atoms with Gasteiger partial charge in [-0.2, -0.15) is 0 Å². The molecule has 0 bridgehead atoms. The molecule has 2 aliphatic heterocycles. The number of benzene rings is 1. The maximum Gasteiger partial charge on any atom is 0.441 e. The van der Waals surface area contributed by atoms with Crippen LogP contribution in [0.15, 0.2) is 30.3 Å². The minimum Gasteiger partial charge on any atom is -0.333 e. The van der Waals surface area contributed by atoms with Gasteiger partial charge >= 0.3 is 11.9 Å². The first-order valence-electron chi connectivity index (χ1n) is 9.29. The van der Waals surface area contributed by atoms with Crippen LogP contribution < -0.4 is 5.32 Å². The Morgan fingerprint density at radius 1 is 1.15 bits per heavy atom. The molecule has 2 fully saturated rings. The van der Waals surface area contributed by atoms with Gasteiger partial charge in [0.25, 0.3) is 0 Å². The topological polar surface area (TPSA) is 64.6 Å². The lowest BCUT2D eigenvalue weighted by Crippen LogP contribution is -2.24. The molecule has 1 N–H and O–H groups in total. The zero-order valence-corrected chi connectivity index (χ0v) is 16.9. The Bertz CT molecular complexity index is 698. The van der Waals surface area contributed by atoms with Gasteiger partial charge in [0, 0.05) is 13.0 Å². The molecule has 7 heteroatoms. The quantitative estimate of drug-likeness (QED) is 0.425. The lowest BCUT2D eigenvalue weighted by Gasteiger charge is -2.44. The van der Waals surface area contributed by atoms with Crippen molar-refractivity contribution in [1.82, 2.24) is 5.32 Å². The molecule has 0 saturated carbocycles. The molecule has 0 aliphatic carbocycles. The molecule has 1 unspecified atom stereocenters. The van der Waals surface area contributed by atoms with Crippen LogP contribution in [-0.4, -0.2) is 41.1 Å². The van der Waals surface area contributed by atoms with Crippen molar-refractivity contribution in [3.63, 3.8) is 0 Å². The van der Waals surface area contributed by atoms with E-state index in [0.717, 1.165) is 44.4 Å². The monoisotopic (exact) mass is 407 g/mol. The predicted molar refractivity (Wildman–Crippen MR) is 110 cm³/mol. The van der Waals surface area contributed by atoms with Gasteiger partial charge in [0.05, 0.1) is 12.3 Å². The van der Waals surface area contributed by atoms with Crippen LogP contribution in [-0.2, 0) is 24.4 Å². The van der Waals surface area contributed by atoms with Crippen molar-refractivity contribution >= 4 is 34.3 Å². The first-order valence-corrected chi connectivity index (χ1v) is 12.0.